The topological polar surface area (TPSA) is 45.8 Å². The summed E-state index contributed by atoms with van der Waals surface area (Å²) in [7, 11) is 1.68. The third kappa shape index (κ3) is 2.39. The lowest BCUT2D eigenvalue weighted by Gasteiger charge is -2.21. The highest BCUT2D eigenvalue weighted by atomic mass is 16.5. The maximum atomic E-state index is 9.14. The lowest BCUT2D eigenvalue weighted by Crippen LogP contribution is -2.18. The number of hydrogen-bond acceptors (Lipinski definition) is 4. The number of benzene rings is 1. The van der Waals surface area contributed by atoms with Crippen molar-refractivity contribution in [3.63, 3.8) is 0 Å². The fraction of sp³-hybridized carbons (Fsp3) is 0.375. The molecule has 1 aliphatic rings. The van der Waals surface area contributed by atoms with Gasteiger partial charge in [-0.1, -0.05) is 0 Å². The van der Waals surface area contributed by atoms with E-state index in [0.717, 1.165) is 35.9 Å². The molecular formula is C16H19NO3. The Morgan fingerprint density at radius 1 is 1.20 bits per heavy atom. The number of aliphatic hydroxyl groups excluding tert-OH is 1. The molecule has 2 heterocycles. The molecule has 3 rings (SSSR count). The Labute approximate surface area is 118 Å². The molecule has 4 nitrogen and oxygen atoms in total. The van der Waals surface area contributed by atoms with E-state index in [2.05, 4.69) is 11.0 Å². The molecule has 0 aliphatic carbocycles. The second-order valence-corrected chi connectivity index (χ2v) is 5.00. The third-order valence-electron chi connectivity index (χ3n) is 3.73. The highest BCUT2D eigenvalue weighted by molar-refractivity contribution is 5.77. The van der Waals surface area contributed by atoms with Crippen LogP contribution in [0.2, 0.25) is 0 Å². The summed E-state index contributed by atoms with van der Waals surface area (Å²) >= 11 is 0. The van der Waals surface area contributed by atoms with Crippen molar-refractivity contribution in [1.82, 2.24) is 0 Å². The van der Waals surface area contributed by atoms with E-state index in [1.807, 2.05) is 24.3 Å². The molecule has 1 aliphatic heterocycles. The first-order valence-electron chi connectivity index (χ1n) is 6.95. The Balaban J connectivity index is 2.04. The van der Waals surface area contributed by atoms with Gasteiger partial charge in [-0.25, -0.2) is 0 Å². The van der Waals surface area contributed by atoms with Crippen molar-refractivity contribution in [2.75, 3.05) is 25.1 Å². The quantitative estimate of drug-likeness (QED) is 0.930. The molecule has 0 saturated carbocycles. The number of methoxy groups -OCH3 is 1. The summed E-state index contributed by atoms with van der Waals surface area (Å²) in [5.74, 6) is 2.23. The van der Waals surface area contributed by atoms with Gasteiger partial charge in [0.15, 0.2) is 0 Å². The summed E-state index contributed by atoms with van der Waals surface area (Å²) in [6, 6.07) is 9.74. The van der Waals surface area contributed by atoms with E-state index in [9.17, 15) is 0 Å². The molecular weight excluding hydrogens is 254 g/mol. The highest BCUT2D eigenvalue weighted by Crippen LogP contribution is 2.36. The molecule has 0 amide bonds. The van der Waals surface area contributed by atoms with E-state index in [-0.39, 0.29) is 6.61 Å². The van der Waals surface area contributed by atoms with Gasteiger partial charge in [-0.05, 0) is 37.1 Å². The van der Waals surface area contributed by atoms with Gasteiger partial charge in [-0.2, -0.15) is 0 Å². The van der Waals surface area contributed by atoms with Crippen molar-refractivity contribution >= 4 is 5.69 Å². The van der Waals surface area contributed by atoms with Crippen LogP contribution in [0.1, 0.15) is 18.6 Å². The van der Waals surface area contributed by atoms with Crippen LogP contribution in [-0.4, -0.2) is 25.3 Å². The maximum absolute atomic E-state index is 9.14. The normalized spacial score (nSPS) is 14.8. The molecule has 0 atom stereocenters. The second-order valence-electron chi connectivity index (χ2n) is 5.00. The number of nitrogens with zero attached hydrogens (tertiary/aromatic N) is 1. The Kier molecular flexibility index (Phi) is 3.65. The fourth-order valence-electron chi connectivity index (χ4n) is 2.67. The Hall–Kier alpha value is -1.94. The molecule has 1 fully saturated rings. The van der Waals surface area contributed by atoms with E-state index in [1.165, 1.54) is 12.8 Å². The Morgan fingerprint density at radius 3 is 2.65 bits per heavy atom. The standard InChI is InChI=1S/C16H19NO3/c1-19-12-4-6-14(16-7-5-13(11-18)20-16)15(10-12)17-8-2-3-9-17/h4-7,10,18H,2-3,8-9,11H2,1H3. The van der Waals surface area contributed by atoms with Gasteiger partial charge >= 0.3 is 0 Å². The molecule has 1 aromatic carbocycles. The maximum Gasteiger partial charge on any atom is 0.136 e. The van der Waals surface area contributed by atoms with Crippen molar-refractivity contribution < 1.29 is 14.3 Å². The minimum Gasteiger partial charge on any atom is -0.497 e. The molecule has 4 heteroatoms. The number of hydrogen-bond donors (Lipinski definition) is 1. The smallest absolute Gasteiger partial charge is 0.136 e. The summed E-state index contributed by atoms with van der Waals surface area (Å²) in [6.07, 6.45) is 2.44. The summed E-state index contributed by atoms with van der Waals surface area (Å²) in [5, 5.41) is 9.14. The van der Waals surface area contributed by atoms with Crippen LogP contribution < -0.4 is 9.64 Å². The van der Waals surface area contributed by atoms with Gasteiger partial charge < -0.3 is 19.2 Å². The molecule has 2 aromatic rings. The van der Waals surface area contributed by atoms with E-state index in [1.54, 1.807) is 7.11 Å². The molecule has 0 bridgehead atoms. The number of rotatable bonds is 4. The zero-order chi connectivity index (χ0) is 13.9. The van der Waals surface area contributed by atoms with Gasteiger partial charge in [-0.3, -0.25) is 0 Å². The first-order chi connectivity index (χ1) is 9.81. The largest absolute Gasteiger partial charge is 0.497 e. The molecule has 1 aromatic heterocycles. The van der Waals surface area contributed by atoms with Gasteiger partial charge in [0.25, 0.3) is 0 Å². The number of aliphatic hydroxyl groups is 1. The predicted octanol–water partition coefficient (Wildman–Crippen LogP) is 3.05. The van der Waals surface area contributed by atoms with Gasteiger partial charge in [0.2, 0.25) is 0 Å². The number of anilines is 1. The summed E-state index contributed by atoms with van der Waals surface area (Å²) in [4.78, 5) is 2.36. The summed E-state index contributed by atoms with van der Waals surface area (Å²) in [5.41, 5.74) is 2.19. The zero-order valence-electron chi connectivity index (χ0n) is 11.6. The van der Waals surface area contributed by atoms with Crippen LogP contribution in [0.4, 0.5) is 5.69 Å². The fourth-order valence-corrected chi connectivity index (χ4v) is 2.67. The number of furan rings is 1. The SMILES string of the molecule is COc1ccc(-c2ccc(CO)o2)c(N2CCCC2)c1. The molecule has 0 spiro atoms. The molecule has 1 N–H and O–H groups in total. The van der Waals surface area contributed by atoms with Crippen LogP contribution in [0.15, 0.2) is 34.7 Å². The van der Waals surface area contributed by atoms with Crippen molar-refractivity contribution in [3.8, 4) is 17.1 Å². The van der Waals surface area contributed by atoms with Crippen LogP contribution in [0.5, 0.6) is 5.75 Å². The highest BCUT2D eigenvalue weighted by Gasteiger charge is 2.19. The van der Waals surface area contributed by atoms with E-state index >= 15 is 0 Å². The predicted molar refractivity (Wildman–Crippen MR) is 78.1 cm³/mol. The van der Waals surface area contributed by atoms with E-state index in [0.29, 0.717) is 5.76 Å². The van der Waals surface area contributed by atoms with Gasteiger partial charge in [0, 0.05) is 24.7 Å². The molecule has 1 saturated heterocycles. The van der Waals surface area contributed by atoms with Crippen LogP contribution in [0.3, 0.4) is 0 Å². The van der Waals surface area contributed by atoms with Gasteiger partial charge in [0.1, 0.15) is 23.9 Å². The van der Waals surface area contributed by atoms with Gasteiger partial charge in [0.05, 0.1) is 12.8 Å². The van der Waals surface area contributed by atoms with Crippen molar-refractivity contribution in [2.45, 2.75) is 19.4 Å². The van der Waals surface area contributed by atoms with Crippen molar-refractivity contribution in [3.05, 3.63) is 36.1 Å². The summed E-state index contributed by atoms with van der Waals surface area (Å²) < 4.78 is 11.0. The first kappa shape index (κ1) is 13.1. The van der Waals surface area contributed by atoms with Crippen molar-refractivity contribution in [1.29, 1.82) is 0 Å². The van der Waals surface area contributed by atoms with Crippen molar-refractivity contribution in [2.24, 2.45) is 0 Å². The van der Waals surface area contributed by atoms with Crippen LogP contribution in [-0.2, 0) is 6.61 Å². The van der Waals surface area contributed by atoms with E-state index in [4.69, 9.17) is 14.3 Å². The van der Waals surface area contributed by atoms with E-state index < -0.39 is 0 Å². The molecule has 106 valence electrons. The zero-order valence-corrected chi connectivity index (χ0v) is 11.6. The molecule has 0 unspecified atom stereocenters. The van der Waals surface area contributed by atoms with Crippen LogP contribution in [0, 0.1) is 0 Å². The first-order valence-corrected chi connectivity index (χ1v) is 6.95. The van der Waals surface area contributed by atoms with Crippen LogP contribution in [0.25, 0.3) is 11.3 Å². The monoisotopic (exact) mass is 273 g/mol. The minimum absolute atomic E-state index is 0.0742. The van der Waals surface area contributed by atoms with Gasteiger partial charge in [-0.15, -0.1) is 0 Å². The molecule has 0 radical (unpaired) electrons. The second kappa shape index (κ2) is 5.59. The lowest BCUT2D eigenvalue weighted by atomic mass is 10.1. The Bertz CT molecular complexity index is 585. The third-order valence-corrected chi connectivity index (χ3v) is 3.73. The van der Waals surface area contributed by atoms with Crippen LogP contribution >= 0.6 is 0 Å². The summed E-state index contributed by atoms with van der Waals surface area (Å²) in [6.45, 7) is 2.05. The minimum atomic E-state index is -0.0742. The molecule has 20 heavy (non-hydrogen) atoms. The lowest BCUT2D eigenvalue weighted by molar-refractivity contribution is 0.248. The average molecular weight is 273 g/mol. The number of ether oxygens (including phenoxy) is 1. The average Bonchev–Trinajstić information content (AvgIpc) is 3.17. The Morgan fingerprint density at radius 2 is 2.00 bits per heavy atom.